The van der Waals surface area contributed by atoms with Crippen molar-refractivity contribution in [1.82, 2.24) is 9.47 Å². The number of carbonyl (C=O) groups is 1. The Kier molecular flexibility index (Phi) is 8.12. The van der Waals surface area contributed by atoms with E-state index in [1.54, 1.807) is 0 Å². The molecule has 1 aliphatic heterocycles. The second-order valence-electron chi connectivity index (χ2n) is 11.1. The molecule has 5 rings (SSSR count). The molecule has 0 spiro atoms. The number of piperidine rings is 1. The fraction of sp³-hybridized carbons (Fsp3) is 0.406. The number of nitrogens with zero attached hydrogens (tertiary/aromatic N) is 2. The summed E-state index contributed by atoms with van der Waals surface area (Å²) in [6.07, 6.45) is 1.66. The van der Waals surface area contributed by atoms with Crippen molar-refractivity contribution in [3.05, 3.63) is 83.6 Å². The molecule has 3 N–H and O–H groups in total. The number of hydrogen-bond acceptors (Lipinski definition) is 4. The van der Waals surface area contributed by atoms with Gasteiger partial charge in [0.15, 0.2) is 0 Å². The highest BCUT2D eigenvalue weighted by molar-refractivity contribution is 5.98. The van der Waals surface area contributed by atoms with Crippen LogP contribution in [-0.4, -0.2) is 52.8 Å². The molecule has 1 amide bonds. The number of carbonyl (C=O) groups excluding carboxylic acids is 1. The summed E-state index contributed by atoms with van der Waals surface area (Å²) >= 11 is 0. The summed E-state index contributed by atoms with van der Waals surface area (Å²) in [5, 5.41) is 14.3. The zero-order chi connectivity index (χ0) is 26.6. The minimum absolute atomic E-state index is 0.274. The van der Waals surface area contributed by atoms with Crippen LogP contribution in [0.3, 0.4) is 0 Å². The maximum atomic E-state index is 12.1. The summed E-state index contributed by atoms with van der Waals surface area (Å²) < 4.78 is 7.95. The van der Waals surface area contributed by atoms with Crippen molar-refractivity contribution in [1.29, 1.82) is 0 Å². The van der Waals surface area contributed by atoms with Gasteiger partial charge in [-0.15, -0.1) is 0 Å². The topological polar surface area (TPSA) is 80.7 Å². The van der Waals surface area contributed by atoms with E-state index >= 15 is 0 Å². The number of nitrogens with two attached hydrogens (primary N) is 1. The van der Waals surface area contributed by atoms with E-state index in [9.17, 15) is 9.90 Å². The minimum atomic E-state index is -0.543. The van der Waals surface area contributed by atoms with Crippen molar-refractivity contribution in [3.8, 4) is 0 Å². The van der Waals surface area contributed by atoms with Gasteiger partial charge in [-0.1, -0.05) is 68.4 Å². The van der Waals surface area contributed by atoms with Crippen molar-refractivity contribution in [3.63, 3.8) is 0 Å². The molecule has 1 atom stereocenters. The van der Waals surface area contributed by atoms with Crippen LogP contribution in [0.2, 0.25) is 0 Å². The van der Waals surface area contributed by atoms with Gasteiger partial charge in [-0.3, -0.25) is 4.79 Å². The molecule has 0 bridgehead atoms. The number of β-amino-alcohol motifs (C(OH)–C–C–N with tert-alkyl or cyclic N) is 1. The summed E-state index contributed by atoms with van der Waals surface area (Å²) in [4.78, 5) is 14.4. The Labute approximate surface area is 225 Å². The SMILES string of the molecule is CC(C)Cn1c(C(N)=O)cc2c(COCC(O)CN3CCC(c4ccc5ccccc5c4)CC3)cccc21. The number of benzene rings is 3. The van der Waals surface area contributed by atoms with Crippen molar-refractivity contribution in [2.75, 3.05) is 26.2 Å². The van der Waals surface area contributed by atoms with Gasteiger partial charge in [-0.25, -0.2) is 0 Å². The summed E-state index contributed by atoms with van der Waals surface area (Å²) in [6.45, 7) is 8.19. The molecule has 38 heavy (non-hydrogen) atoms. The fourth-order valence-electron chi connectivity index (χ4n) is 5.80. The molecule has 6 nitrogen and oxygen atoms in total. The maximum Gasteiger partial charge on any atom is 0.265 e. The Hall–Kier alpha value is -3.19. The van der Waals surface area contributed by atoms with Crippen molar-refractivity contribution < 1.29 is 14.6 Å². The zero-order valence-corrected chi connectivity index (χ0v) is 22.5. The van der Waals surface area contributed by atoms with E-state index in [1.807, 2.05) is 28.8 Å². The van der Waals surface area contributed by atoms with Gasteiger partial charge in [0.2, 0.25) is 0 Å². The first-order valence-electron chi connectivity index (χ1n) is 13.8. The van der Waals surface area contributed by atoms with Gasteiger partial charge in [0.25, 0.3) is 5.91 Å². The Bertz CT molecular complexity index is 1400. The molecule has 1 unspecified atom stereocenters. The monoisotopic (exact) mass is 513 g/mol. The number of fused-ring (bicyclic) bond motifs is 2. The second-order valence-corrected chi connectivity index (χ2v) is 11.1. The lowest BCUT2D eigenvalue weighted by atomic mass is 9.88. The normalized spacial score (nSPS) is 16.0. The highest BCUT2D eigenvalue weighted by atomic mass is 16.5. The summed E-state index contributed by atoms with van der Waals surface area (Å²) in [6, 6.07) is 23.2. The van der Waals surface area contributed by atoms with Gasteiger partial charge >= 0.3 is 0 Å². The highest BCUT2D eigenvalue weighted by Crippen LogP contribution is 2.30. The molecule has 3 aromatic carbocycles. The molecule has 0 saturated carbocycles. The first-order valence-corrected chi connectivity index (χ1v) is 13.8. The number of aliphatic hydroxyl groups excluding tert-OH is 1. The van der Waals surface area contributed by atoms with Gasteiger partial charge < -0.3 is 25.0 Å². The lowest BCUT2D eigenvalue weighted by Crippen LogP contribution is -2.39. The lowest BCUT2D eigenvalue weighted by Gasteiger charge is -2.33. The average molecular weight is 514 g/mol. The Balaban J connectivity index is 1.13. The van der Waals surface area contributed by atoms with Crippen LogP contribution in [0, 0.1) is 5.92 Å². The van der Waals surface area contributed by atoms with Crippen molar-refractivity contribution in [2.24, 2.45) is 11.7 Å². The first kappa shape index (κ1) is 26.4. The molecule has 1 aromatic heterocycles. The second kappa shape index (κ2) is 11.7. The van der Waals surface area contributed by atoms with Crippen molar-refractivity contribution >= 4 is 27.6 Å². The number of hydrogen-bond donors (Lipinski definition) is 2. The number of rotatable bonds is 10. The predicted molar refractivity (Wildman–Crippen MR) is 153 cm³/mol. The third-order valence-corrected chi connectivity index (χ3v) is 7.71. The molecule has 2 heterocycles. The molecule has 0 radical (unpaired) electrons. The van der Waals surface area contributed by atoms with Crippen LogP contribution in [0.15, 0.2) is 66.7 Å². The molecule has 0 aliphatic carbocycles. The fourth-order valence-corrected chi connectivity index (χ4v) is 5.80. The standard InChI is InChI=1S/C32H39N3O3/c1-22(2)18-35-30-9-5-8-27(29(30)17-31(35)32(33)37)20-38-21-28(36)19-34-14-12-24(13-15-34)26-11-10-23-6-3-4-7-25(23)16-26/h3-11,16-17,22,24,28,36H,12-15,18-21H2,1-2H3,(H2,33,37). The van der Waals surface area contributed by atoms with Crippen LogP contribution < -0.4 is 5.73 Å². The average Bonchev–Trinajstić information content (AvgIpc) is 3.28. The van der Waals surface area contributed by atoms with Crippen LogP contribution in [0.25, 0.3) is 21.7 Å². The van der Waals surface area contributed by atoms with Crippen molar-refractivity contribution in [2.45, 2.75) is 51.9 Å². The quantitative estimate of drug-likeness (QED) is 0.301. The highest BCUT2D eigenvalue weighted by Gasteiger charge is 2.23. The van der Waals surface area contributed by atoms with E-state index in [0.717, 1.165) is 48.9 Å². The molecule has 4 aromatic rings. The largest absolute Gasteiger partial charge is 0.389 e. The van der Waals surface area contributed by atoms with Gasteiger partial charge in [-0.2, -0.15) is 0 Å². The maximum absolute atomic E-state index is 12.1. The summed E-state index contributed by atoms with van der Waals surface area (Å²) in [5.74, 6) is 0.531. The van der Waals surface area contributed by atoms with Crippen LogP contribution in [0.1, 0.15) is 54.2 Å². The number of ether oxygens (including phenoxy) is 1. The predicted octanol–water partition coefficient (Wildman–Crippen LogP) is 5.31. The molecule has 200 valence electrons. The third-order valence-electron chi connectivity index (χ3n) is 7.71. The number of aromatic nitrogens is 1. The van der Waals surface area contributed by atoms with E-state index in [0.29, 0.717) is 30.7 Å². The Morgan fingerprint density at radius 2 is 1.76 bits per heavy atom. The molecule has 6 heteroatoms. The number of primary amides is 1. The lowest BCUT2D eigenvalue weighted by molar-refractivity contribution is 0.00651. The third kappa shape index (κ3) is 5.93. The zero-order valence-electron chi connectivity index (χ0n) is 22.5. The summed E-state index contributed by atoms with van der Waals surface area (Å²) in [5.41, 5.74) is 9.59. The molecule has 1 fully saturated rings. The van der Waals surface area contributed by atoms with E-state index in [2.05, 4.69) is 61.2 Å². The van der Waals surface area contributed by atoms with Crippen LogP contribution in [0.5, 0.6) is 0 Å². The van der Waals surface area contributed by atoms with Crippen LogP contribution in [-0.2, 0) is 17.9 Å². The van der Waals surface area contributed by atoms with Gasteiger partial charge in [0.05, 0.1) is 19.3 Å². The first-order chi connectivity index (χ1) is 18.4. The number of amides is 1. The van der Waals surface area contributed by atoms with E-state index in [4.69, 9.17) is 10.5 Å². The molecule has 1 saturated heterocycles. The smallest absolute Gasteiger partial charge is 0.265 e. The van der Waals surface area contributed by atoms with Gasteiger partial charge in [-0.05, 0) is 71.8 Å². The van der Waals surface area contributed by atoms with Gasteiger partial charge in [0.1, 0.15) is 5.69 Å². The Morgan fingerprint density at radius 3 is 2.50 bits per heavy atom. The summed E-state index contributed by atoms with van der Waals surface area (Å²) in [7, 11) is 0. The minimum Gasteiger partial charge on any atom is -0.389 e. The van der Waals surface area contributed by atoms with E-state index < -0.39 is 12.0 Å². The molecular formula is C32H39N3O3. The molecule has 1 aliphatic rings. The van der Waals surface area contributed by atoms with Gasteiger partial charge in [0, 0.05) is 24.0 Å². The van der Waals surface area contributed by atoms with E-state index in [-0.39, 0.29) is 6.61 Å². The van der Waals surface area contributed by atoms with Crippen LogP contribution in [0.4, 0.5) is 0 Å². The van der Waals surface area contributed by atoms with E-state index in [1.165, 1.54) is 16.3 Å². The number of aliphatic hydroxyl groups is 1. The number of likely N-dealkylation sites (tertiary alicyclic amines) is 1. The van der Waals surface area contributed by atoms with Crippen LogP contribution >= 0.6 is 0 Å². The molecular weight excluding hydrogens is 474 g/mol. The Morgan fingerprint density at radius 1 is 1.00 bits per heavy atom.